The molecule has 0 saturated heterocycles. The molecule has 2 aromatic heterocycles. The maximum Gasteiger partial charge on any atom is 4.00 e. The first-order valence-corrected chi connectivity index (χ1v) is 14.8. The third-order valence-electron chi connectivity index (χ3n) is 7.35. The van der Waals surface area contributed by atoms with E-state index in [2.05, 4.69) is 101 Å². The van der Waals surface area contributed by atoms with Crippen LogP contribution in [0, 0.1) is 63.3 Å². The molecule has 0 radical (unpaired) electrons. The monoisotopic (exact) mass is 982 g/mol. The van der Waals surface area contributed by atoms with Crippen molar-refractivity contribution in [2.45, 2.75) is 13.8 Å². The van der Waals surface area contributed by atoms with Crippen molar-refractivity contribution >= 4 is 22.7 Å². The first kappa shape index (κ1) is 36.2. The summed E-state index contributed by atoms with van der Waals surface area (Å²) in [5.74, 6) is 0. The van der Waals surface area contributed by atoms with E-state index in [9.17, 15) is 0 Å². The van der Waals surface area contributed by atoms with Crippen LogP contribution in [0.4, 0.5) is 22.7 Å². The summed E-state index contributed by atoms with van der Waals surface area (Å²) >= 11 is 0. The fourth-order valence-corrected chi connectivity index (χ4v) is 5.16. The van der Waals surface area contributed by atoms with Gasteiger partial charge in [-0.2, -0.15) is 48.8 Å². The van der Waals surface area contributed by atoms with Gasteiger partial charge in [-0.3, -0.25) is 6.07 Å². The normalized spacial score (nSPS) is 11.5. The number of rotatable bonds is 6. The minimum Gasteiger partial charge on any atom is -0.669 e. The molecule has 242 valence electrons. The smallest absolute Gasteiger partial charge is 0.669 e. The van der Waals surface area contributed by atoms with E-state index in [-0.39, 0.29) is 42.1 Å². The molecule has 0 saturated carbocycles. The zero-order valence-electron chi connectivity index (χ0n) is 26.5. The van der Waals surface area contributed by atoms with Gasteiger partial charge >= 0.3 is 21.1 Å². The summed E-state index contributed by atoms with van der Waals surface area (Å²) in [7, 11) is 2.01. The zero-order chi connectivity index (χ0) is 31.9. The number of para-hydroxylation sites is 1. The predicted molar refractivity (Wildman–Crippen MR) is 184 cm³/mol. The molecule has 5 nitrogen and oxygen atoms in total. The Bertz CT molecular complexity index is 1980. The third kappa shape index (κ3) is 8.45. The third-order valence-corrected chi connectivity index (χ3v) is 7.35. The van der Waals surface area contributed by atoms with Gasteiger partial charge in [-0.1, -0.05) is 23.9 Å². The van der Waals surface area contributed by atoms with Gasteiger partial charge in [0.05, 0.1) is 0 Å². The van der Waals surface area contributed by atoms with Crippen molar-refractivity contribution in [3.05, 3.63) is 177 Å². The quantitative estimate of drug-likeness (QED) is 0.123. The van der Waals surface area contributed by atoms with Gasteiger partial charge in [-0.25, -0.2) is 29.3 Å². The van der Waals surface area contributed by atoms with E-state index in [1.165, 1.54) is 0 Å². The molecular formula is C41H30N5Pt2-3. The van der Waals surface area contributed by atoms with Crippen LogP contribution >= 0.6 is 0 Å². The number of hydrogen-bond acceptors (Lipinski definition) is 4. The molecule has 4 aromatic carbocycles. The van der Waals surface area contributed by atoms with Crippen LogP contribution in [0.15, 0.2) is 122 Å². The van der Waals surface area contributed by atoms with E-state index in [1.54, 1.807) is 23.2 Å². The van der Waals surface area contributed by atoms with Crippen LogP contribution in [-0.2, 0) is 42.1 Å². The molecule has 0 atom stereocenters. The van der Waals surface area contributed by atoms with Crippen LogP contribution in [0.5, 0.6) is 0 Å². The molecule has 0 spiro atoms. The van der Waals surface area contributed by atoms with Crippen molar-refractivity contribution in [1.29, 1.82) is 0 Å². The van der Waals surface area contributed by atoms with Crippen LogP contribution in [0.3, 0.4) is 0 Å². The largest absolute Gasteiger partial charge is 4.00 e. The minimum absolute atomic E-state index is 0. The Balaban J connectivity index is 0.000000516. The summed E-state index contributed by atoms with van der Waals surface area (Å²) in [6.07, 6.45) is 15.9. The molecule has 7 heteroatoms. The maximum atomic E-state index is 6.57. The molecule has 0 amide bonds. The van der Waals surface area contributed by atoms with Gasteiger partial charge < -0.3 is 48.4 Å². The van der Waals surface area contributed by atoms with Crippen molar-refractivity contribution in [2.24, 2.45) is 0 Å². The zero-order valence-corrected chi connectivity index (χ0v) is 31.0. The van der Waals surface area contributed by atoms with Crippen molar-refractivity contribution in [1.82, 2.24) is 14.5 Å². The molecular weight excluding hydrogens is 953 g/mol. The predicted octanol–water partition coefficient (Wildman–Crippen LogP) is 8.72. The van der Waals surface area contributed by atoms with Crippen LogP contribution < -0.4 is 9.80 Å². The Kier molecular flexibility index (Phi) is 12.8. The van der Waals surface area contributed by atoms with E-state index in [0.717, 1.165) is 50.6 Å². The Morgan fingerprint density at radius 3 is 2.19 bits per heavy atom. The molecule has 1 aliphatic rings. The summed E-state index contributed by atoms with van der Waals surface area (Å²) in [5.41, 5.74) is 9.50. The van der Waals surface area contributed by atoms with Crippen LogP contribution in [0.25, 0.3) is 22.4 Å². The minimum atomic E-state index is 0. The van der Waals surface area contributed by atoms with Gasteiger partial charge in [0.25, 0.3) is 0 Å². The average Bonchev–Trinajstić information content (AvgIpc) is 3.80. The second kappa shape index (κ2) is 17.0. The first-order valence-electron chi connectivity index (χ1n) is 14.8. The van der Waals surface area contributed by atoms with Crippen molar-refractivity contribution < 1.29 is 42.1 Å². The summed E-state index contributed by atoms with van der Waals surface area (Å²) in [6.45, 7) is 6.30. The van der Waals surface area contributed by atoms with Gasteiger partial charge in [-0.15, -0.1) is 35.6 Å². The van der Waals surface area contributed by atoms with Gasteiger partial charge in [-0.05, 0) is 62.8 Å². The second-order valence-electron chi connectivity index (χ2n) is 10.7. The standard InChI is InChI=1S/C35H26N4.C6H4N.2Pt/c1-26-10-7-11-27(2)35(26)39(33-17-9-15-31(24-33)38-21-20-37(3)25-38)32-16-8-14-30(22-32)34-23-29(18-19-36-34)28-12-5-4-6-13-28;1-2-7-5-3-4-6-7;;/h4-12,15-21,25H,1-3H3;3-6H;;/q-6;-1;;+4. The molecule has 48 heavy (non-hydrogen) atoms. The van der Waals surface area contributed by atoms with E-state index in [0.29, 0.717) is 5.69 Å². The Hall–Kier alpha value is -4.61. The molecule has 1 aliphatic heterocycles. The Morgan fingerprint density at radius 1 is 0.771 bits per heavy atom. The Labute approximate surface area is 313 Å². The number of aromatic nitrogens is 2. The number of aryl methyl sites for hydroxylation is 2. The molecule has 0 fully saturated rings. The van der Waals surface area contributed by atoms with Gasteiger partial charge in [0.1, 0.15) is 0 Å². The van der Waals surface area contributed by atoms with E-state index >= 15 is 0 Å². The first-order chi connectivity index (χ1) is 22.5. The van der Waals surface area contributed by atoms with Gasteiger partial charge in [0.15, 0.2) is 0 Å². The molecule has 0 bridgehead atoms. The second-order valence-corrected chi connectivity index (χ2v) is 10.7. The maximum absolute atomic E-state index is 6.57. The molecule has 0 N–H and O–H groups in total. The molecule has 0 aliphatic carbocycles. The Morgan fingerprint density at radius 2 is 1.52 bits per heavy atom. The molecule has 7 rings (SSSR count). The number of hydrogen-bond donors (Lipinski definition) is 0. The SMILES string of the molecule is Cc1cccc(C)c1N(c1[c-]c(-c2[c-]c(-c3[c-]cccc3)ccn2)[c-]cc1)c1[c-]c(N2C=CN(C)[CH-]2)ccc1.[C-]#Cn1cccc1.[Pt+4].[Pt]. The summed E-state index contributed by atoms with van der Waals surface area (Å²) in [4.78, 5) is 10.9. The van der Waals surface area contributed by atoms with Crippen LogP contribution in [0.1, 0.15) is 11.1 Å². The number of nitrogens with zero attached hydrogens (tertiary/aromatic N) is 5. The summed E-state index contributed by atoms with van der Waals surface area (Å²) < 4.78 is 1.54. The van der Waals surface area contributed by atoms with Crippen molar-refractivity contribution in [3.8, 4) is 28.4 Å². The summed E-state index contributed by atoms with van der Waals surface area (Å²) in [6, 6.07) is 49.5. The van der Waals surface area contributed by atoms with E-state index in [1.807, 2.05) is 85.6 Å². The van der Waals surface area contributed by atoms with E-state index < -0.39 is 0 Å². The molecule has 6 aromatic rings. The van der Waals surface area contributed by atoms with Gasteiger partial charge in [0.2, 0.25) is 0 Å². The van der Waals surface area contributed by atoms with Crippen LogP contribution in [0.2, 0.25) is 0 Å². The number of benzene rings is 4. The number of anilines is 4. The number of pyridine rings is 1. The van der Waals surface area contributed by atoms with Crippen LogP contribution in [-0.4, -0.2) is 21.5 Å². The summed E-state index contributed by atoms with van der Waals surface area (Å²) in [5, 5.41) is 0. The molecule has 0 unspecified atom stereocenters. The average molecular weight is 983 g/mol. The van der Waals surface area contributed by atoms with Crippen molar-refractivity contribution in [2.75, 3.05) is 16.8 Å². The fourth-order valence-electron chi connectivity index (χ4n) is 5.16. The van der Waals surface area contributed by atoms with Gasteiger partial charge in [0, 0.05) is 39.1 Å². The molecule has 3 heterocycles. The fraction of sp³-hybridized carbons (Fsp3) is 0.0732. The van der Waals surface area contributed by atoms with Crippen molar-refractivity contribution in [3.63, 3.8) is 0 Å². The topological polar surface area (TPSA) is 27.5 Å². The van der Waals surface area contributed by atoms with E-state index in [4.69, 9.17) is 6.42 Å².